The van der Waals surface area contributed by atoms with Crippen molar-refractivity contribution in [3.63, 3.8) is 0 Å². The lowest BCUT2D eigenvalue weighted by Crippen LogP contribution is -2.30. The highest BCUT2D eigenvalue weighted by Crippen LogP contribution is 2.34. The summed E-state index contributed by atoms with van der Waals surface area (Å²) in [6.07, 6.45) is 0. The van der Waals surface area contributed by atoms with Gasteiger partial charge in [-0.1, -0.05) is 91.0 Å². The van der Waals surface area contributed by atoms with Crippen molar-refractivity contribution in [2.75, 3.05) is 0 Å². The van der Waals surface area contributed by atoms with E-state index in [4.69, 9.17) is 0 Å². The fourth-order valence-corrected chi connectivity index (χ4v) is 4.94. The molecule has 6 aromatic rings. The first kappa shape index (κ1) is 19.5. The van der Waals surface area contributed by atoms with Gasteiger partial charge >= 0.3 is 0 Å². The van der Waals surface area contributed by atoms with Crippen molar-refractivity contribution in [3.8, 4) is 28.2 Å². The minimum Gasteiger partial charge on any atom is -0.225 e. The molecular weight excluding hydrogens is 400 g/mol. The van der Waals surface area contributed by atoms with Gasteiger partial charge in [0.25, 0.3) is 5.82 Å². The van der Waals surface area contributed by atoms with Crippen LogP contribution in [0, 0.1) is 6.92 Å². The molecule has 0 amide bonds. The number of nitrogens with zero attached hydrogens (tertiary/aromatic N) is 2. The third-order valence-electron chi connectivity index (χ3n) is 6.61. The van der Waals surface area contributed by atoms with E-state index in [0.29, 0.717) is 0 Å². The van der Waals surface area contributed by atoms with Crippen LogP contribution in [-0.2, 0) is 7.05 Å². The van der Waals surface area contributed by atoms with Crippen LogP contribution in [0.2, 0.25) is 0 Å². The van der Waals surface area contributed by atoms with E-state index < -0.39 is 0 Å². The molecule has 0 aliphatic rings. The van der Waals surface area contributed by atoms with E-state index >= 15 is 0 Å². The van der Waals surface area contributed by atoms with Crippen molar-refractivity contribution in [3.05, 3.63) is 121 Å². The zero-order valence-corrected chi connectivity index (χ0v) is 18.9. The average Bonchev–Trinajstić information content (AvgIpc) is 3.16. The first-order valence-electron chi connectivity index (χ1n) is 11.4. The number of hydrogen-bond donors (Lipinski definition) is 0. The van der Waals surface area contributed by atoms with Crippen LogP contribution < -0.4 is 4.57 Å². The van der Waals surface area contributed by atoms with Gasteiger partial charge in [0.05, 0.1) is 12.6 Å². The van der Waals surface area contributed by atoms with E-state index in [1.807, 2.05) is 0 Å². The van der Waals surface area contributed by atoms with E-state index in [-0.39, 0.29) is 0 Å². The second kappa shape index (κ2) is 7.75. The number of aromatic nitrogens is 2. The molecule has 0 radical (unpaired) electrons. The van der Waals surface area contributed by atoms with E-state index in [2.05, 4.69) is 138 Å². The Balaban J connectivity index is 1.71. The van der Waals surface area contributed by atoms with Gasteiger partial charge in [-0.15, -0.1) is 0 Å². The first-order valence-corrected chi connectivity index (χ1v) is 11.4. The predicted molar refractivity (Wildman–Crippen MR) is 138 cm³/mol. The zero-order chi connectivity index (χ0) is 22.4. The Morgan fingerprint density at radius 1 is 0.636 bits per heavy atom. The van der Waals surface area contributed by atoms with Gasteiger partial charge in [0.15, 0.2) is 11.0 Å². The van der Waals surface area contributed by atoms with Gasteiger partial charge in [-0.05, 0) is 53.3 Å². The minimum absolute atomic E-state index is 1.18. The number of para-hydroxylation sites is 2. The zero-order valence-electron chi connectivity index (χ0n) is 18.9. The molecule has 1 heterocycles. The van der Waals surface area contributed by atoms with Crippen LogP contribution in [-0.4, -0.2) is 4.57 Å². The molecule has 158 valence electrons. The molecule has 0 saturated carbocycles. The minimum atomic E-state index is 1.18. The van der Waals surface area contributed by atoms with E-state index in [0.717, 1.165) is 0 Å². The highest BCUT2D eigenvalue weighted by molar-refractivity contribution is 5.93. The molecular formula is C31H25N2+. The summed E-state index contributed by atoms with van der Waals surface area (Å²) in [6, 6.07) is 41.3. The maximum Gasteiger partial charge on any atom is 0.295 e. The standard InChI is InChI=1S/C31H25N2/c1-22-19-20-25(23-11-4-3-5-12-23)21-27(22)31-32(2)29-16-8-9-17-30(29)33(31)28-18-10-14-24-13-6-7-15-26(24)28/h3-21H,1-2H3/q+1. The molecule has 33 heavy (non-hydrogen) atoms. The van der Waals surface area contributed by atoms with Crippen LogP contribution in [0.1, 0.15) is 5.56 Å². The summed E-state index contributed by atoms with van der Waals surface area (Å²) in [4.78, 5) is 0. The van der Waals surface area contributed by atoms with Crippen molar-refractivity contribution in [1.29, 1.82) is 0 Å². The molecule has 0 fully saturated rings. The summed E-state index contributed by atoms with van der Waals surface area (Å²) >= 11 is 0. The van der Waals surface area contributed by atoms with Crippen molar-refractivity contribution in [1.82, 2.24) is 4.57 Å². The molecule has 0 saturated heterocycles. The third kappa shape index (κ3) is 3.15. The molecule has 2 nitrogen and oxygen atoms in total. The fraction of sp³-hybridized carbons (Fsp3) is 0.0645. The topological polar surface area (TPSA) is 8.81 Å². The Morgan fingerprint density at radius 3 is 2.24 bits per heavy atom. The highest BCUT2D eigenvalue weighted by Gasteiger charge is 2.28. The smallest absolute Gasteiger partial charge is 0.225 e. The van der Waals surface area contributed by atoms with Gasteiger partial charge in [-0.3, -0.25) is 0 Å². The van der Waals surface area contributed by atoms with Crippen molar-refractivity contribution in [2.45, 2.75) is 6.92 Å². The van der Waals surface area contributed by atoms with Gasteiger partial charge < -0.3 is 0 Å². The van der Waals surface area contributed by atoms with Gasteiger partial charge in [-0.2, -0.15) is 4.57 Å². The Labute approximate surface area is 194 Å². The normalized spacial score (nSPS) is 11.3. The monoisotopic (exact) mass is 425 g/mol. The molecule has 0 N–H and O–H groups in total. The summed E-state index contributed by atoms with van der Waals surface area (Å²) in [5.41, 5.74) is 8.57. The lowest BCUT2D eigenvalue weighted by atomic mass is 9.99. The number of hydrogen-bond acceptors (Lipinski definition) is 0. The Kier molecular flexibility index (Phi) is 4.58. The number of imidazole rings is 1. The van der Waals surface area contributed by atoms with Crippen LogP contribution in [0.15, 0.2) is 115 Å². The van der Waals surface area contributed by atoms with Crippen LogP contribution in [0.4, 0.5) is 0 Å². The maximum atomic E-state index is 2.43. The summed E-state index contributed by atoms with van der Waals surface area (Å²) in [6.45, 7) is 2.20. The van der Waals surface area contributed by atoms with Gasteiger partial charge in [0.1, 0.15) is 5.69 Å². The largest absolute Gasteiger partial charge is 0.295 e. The lowest BCUT2D eigenvalue weighted by molar-refractivity contribution is -0.633. The van der Waals surface area contributed by atoms with Crippen LogP contribution >= 0.6 is 0 Å². The van der Waals surface area contributed by atoms with E-state index in [1.165, 1.54) is 55.6 Å². The molecule has 0 spiro atoms. The highest BCUT2D eigenvalue weighted by atomic mass is 15.2. The van der Waals surface area contributed by atoms with Crippen LogP contribution in [0.25, 0.3) is 50.0 Å². The molecule has 0 unspecified atom stereocenters. The van der Waals surface area contributed by atoms with E-state index in [1.54, 1.807) is 0 Å². The summed E-state index contributed by atoms with van der Waals surface area (Å²) < 4.78 is 4.75. The first-order chi connectivity index (χ1) is 16.2. The molecule has 0 aliphatic carbocycles. The molecule has 1 aromatic heterocycles. The Hall–Kier alpha value is -4.17. The average molecular weight is 426 g/mol. The maximum absolute atomic E-state index is 2.43. The quantitative estimate of drug-likeness (QED) is 0.264. The molecule has 0 bridgehead atoms. The summed E-state index contributed by atoms with van der Waals surface area (Å²) in [5, 5.41) is 2.50. The molecule has 6 rings (SSSR count). The SMILES string of the molecule is Cc1ccc(-c2ccccc2)cc1-c1n(-c2cccc3ccccc23)c2ccccc2[n+]1C. The third-order valence-corrected chi connectivity index (χ3v) is 6.61. The van der Waals surface area contributed by atoms with Crippen molar-refractivity contribution in [2.24, 2.45) is 7.05 Å². The number of aryl methyl sites for hydroxylation is 2. The van der Waals surface area contributed by atoms with Gasteiger partial charge in [-0.25, -0.2) is 4.57 Å². The van der Waals surface area contributed by atoms with E-state index in [9.17, 15) is 0 Å². The van der Waals surface area contributed by atoms with Gasteiger partial charge in [0.2, 0.25) is 0 Å². The van der Waals surface area contributed by atoms with Crippen LogP contribution in [0.5, 0.6) is 0 Å². The van der Waals surface area contributed by atoms with Crippen molar-refractivity contribution < 1.29 is 4.57 Å². The molecule has 5 aromatic carbocycles. The Morgan fingerprint density at radius 2 is 1.36 bits per heavy atom. The fourth-order valence-electron chi connectivity index (χ4n) is 4.94. The summed E-state index contributed by atoms with van der Waals surface area (Å²) in [7, 11) is 2.17. The molecule has 0 atom stereocenters. The predicted octanol–water partition coefficient (Wildman–Crippen LogP) is 7.25. The lowest BCUT2D eigenvalue weighted by Gasteiger charge is -2.11. The number of fused-ring (bicyclic) bond motifs is 2. The second-order valence-corrected chi connectivity index (χ2v) is 8.60. The summed E-state index contributed by atoms with van der Waals surface area (Å²) in [5.74, 6) is 1.18. The number of benzene rings is 5. The Bertz CT molecular complexity index is 1620. The van der Waals surface area contributed by atoms with Gasteiger partial charge in [0, 0.05) is 5.39 Å². The number of rotatable bonds is 3. The second-order valence-electron chi connectivity index (χ2n) is 8.60. The molecule has 0 aliphatic heterocycles. The van der Waals surface area contributed by atoms with Crippen LogP contribution in [0.3, 0.4) is 0 Å². The molecule has 2 heteroatoms. The van der Waals surface area contributed by atoms with Crippen molar-refractivity contribution >= 4 is 21.8 Å².